The molecule has 1 aliphatic carbocycles. The summed E-state index contributed by atoms with van der Waals surface area (Å²) in [6.07, 6.45) is 3.98. The number of aryl methyl sites for hydroxylation is 1. The molecule has 1 saturated heterocycles. The lowest BCUT2D eigenvalue weighted by molar-refractivity contribution is -0.144. The van der Waals surface area contributed by atoms with E-state index in [1.807, 2.05) is 30.3 Å². The SMILES string of the molecule is O=C(O)CC1(C(=O)CCc2nc3c(S(=O)(=O)N4CCCCC4)cccc3s2)Cc2ccccc2C1. The third kappa shape index (κ3) is 4.64. The van der Waals surface area contributed by atoms with Gasteiger partial charge in [-0.15, -0.1) is 11.3 Å². The van der Waals surface area contributed by atoms with Gasteiger partial charge in [-0.3, -0.25) is 9.59 Å². The van der Waals surface area contributed by atoms with Crippen molar-refractivity contribution in [2.24, 2.45) is 5.41 Å². The van der Waals surface area contributed by atoms with Crippen molar-refractivity contribution >= 4 is 43.3 Å². The summed E-state index contributed by atoms with van der Waals surface area (Å²) in [6, 6.07) is 13.0. The van der Waals surface area contributed by atoms with E-state index < -0.39 is 21.4 Å². The van der Waals surface area contributed by atoms with Crippen LogP contribution in [-0.4, -0.2) is 47.7 Å². The van der Waals surface area contributed by atoms with Crippen LogP contribution < -0.4 is 0 Å². The number of sulfonamides is 1. The van der Waals surface area contributed by atoms with Gasteiger partial charge in [-0.25, -0.2) is 13.4 Å². The Balaban J connectivity index is 1.37. The molecule has 2 aliphatic rings. The molecule has 5 rings (SSSR count). The second-order valence-electron chi connectivity index (χ2n) is 9.57. The number of fused-ring (bicyclic) bond motifs is 2. The van der Waals surface area contributed by atoms with Crippen LogP contribution in [0.1, 0.15) is 48.2 Å². The first-order valence-corrected chi connectivity index (χ1v) is 14.2. The predicted octanol–water partition coefficient (Wildman–Crippen LogP) is 4.23. The fourth-order valence-electron chi connectivity index (χ4n) is 5.42. The second-order valence-corrected chi connectivity index (χ2v) is 12.6. The van der Waals surface area contributed by atoms with Crippen molar-refractivity contribution in [3.63, 3.8) is 0 Å². The number of carbonyl (C=O) groups is 2. The van der Waals surface area contributed by atoms with Crippen LogP contribution in [0.15, 0.2) is 47.4 Å². The molecule has 0 spiro atoms. The molecule has 35 heavy (non-hydrogen) atoms. The molecule has 9 heteroatoms. The van der Waals surface area contributed by atoms with Gasteiger partial charge in [-0.2, -0.15) is 4.31 Å². The molecule has 2 heterocycles. The zero-order valence-corrected chi connectivity index (χ0v) is 21.0. The number of nitrogens with zero attached hydrogens (tertiary/aromatic N) is 2. The van der Waals surface area contributed by atoms with Crippen LogP contribution in [0.4, 0.5) is 0 Å². The monoisotopic (exact) mass is 512 g/mol. The van der Waals surface area contributed by atoms with Crippen molar-refractivity contribution in [1.82, 2.24) is 9.29 Å². The van der Waals surface area contributed by atoms with Crippen molar-refractivity contribution in [2.45, 2.75) is 56.3 Å². The molecule has 0 unspecified atom stereocenters. The Morgan fingerprint density at radius 1 is 1.00 bits per heavy atom. The summed E-state index contributed by atoms with van der Waals surface area (Å²) in [5, 5.41) is 10.2. The fourth-order valence-corrected chi connectivity index (χ4v) is 8.14. The highest BCUT2D eigenvalue weighted by Gasteiger charge is 2.44. The van der Waals surface area contributed by atoms with E-state index in [0.717, 1.165) is 35.1 Å². The topological polar surface area (TPSA) is 105 Å². The lowest BCUT2D eigenvalue weighted by atomic mass is 9.76. The van der Waals surface area contributed by atoms with E-state index >= 15 is 0 Å². The lowest BCUT2D eigenvalue weighted by Gasteiger charge is -2.25. The van der Waals surface area contributed by atoms with Gasteiger partial charge in [0.2, 0.25) is 10.0 Å². The first-order chi connectivity index (χ1) is 16.8. The number of ketones is 1. The molecule has 0 bridgehead atoms. The molecule has 1 aromatic heterocycles. The highest BCUT2D eigenvalue weighted by Crippen LogP contribution is 2.42. The summed E-state index contributed by atoms with van der Waals surface area (Å²) in [4.78, 5) is 29.9. The first-order valence-electron chi connectivity index (χ1n) is 12.0. The van der Waals surface area contributed by atoms with Gasteiger partial charge < -0.3 is 5.11 Å². The maximum atomic E-state index is 13.4. The van der Waals surface area contributed by atoms with Crippen LogP contribution in [0.3, 0.4) is 0 Å². The quantitative estimate of drug-likeness (QED) is 0.484. The Labute approximate surface area is 208 Å². The van der Waals surface area contributed by atoms with Crippen LogP contribution >= 0.6 is 11.3 Å². The van der Waals surface area contributed by atoms with E-state index in [1.54, 1.807) is 16.4 Å². The maximum absolute atomic E-state index is 13.4. The summed E-state index contributed by atoms with van der Waals surface area (Å²) < 4.78 is 28.9. The number of thiazole rings is 1. The van der Waals surface area contributed by atoms with E-state index in [9.17, 15) is 23.1 Å². The van der Waals surface area contributed by atoms with Crippen molar-refractivity contribution in [2.75, 3.05) is 13.1 Å². The summed E-state index contributed by atoms with van der Waals surface area (Å²) in [6.45, 7) is 1.05. The van der Waals surface area contributed by atoms with Crippen LogP contribution in [0.25, 0.3) is 10.2 Å². The fraction of sp³-hybridized carbons (Fsp3) is 0.423. The molecule has 0 radical (unpaired) electrons. The molecule has 184 valence electrons. The average molecular weight is 513 g/mol. The molecule has 1 N–H and O–H groups in total. The molecule has 1 aliphatic heterocycles. The Kier molecular flexibility index (Phi) is 6.50. The minimum atomic E-state index is -3.63. The minimum Gasteiger partial charge on any atom is -0.481 e. The number of hydrogen-bond acceptors (Lipinski definition) is 6. The van der Waals surface area contributed by atoms with E-state index in [1.165, 1.54) is 11.3 Å². The lowest BCUT2D eigenvalue weighted by Crippen LogP contribution is -2.35. The van der Waals surface area contributed by atoms with Gasteiger partial charge in [-0.1, -0.05) is 36.8 Å². The summed E-state index contributed by atoms with van der Waals surface area (Å²) >= 11 is 1.40. The number of benzene rings is 2. The molecular weight excluding hydrogens is 484 g/mol. The van der Waals surface area contributed by atoms with Crippen molar-refractivity contribution in [1.29, 1.82) is 0 Å². The highest BCUT2D eigenvalue weighted by atomic mass is 32.2. The molecule has 0 saturated carbocycles. The Morgan fingerprint density at radius 2 is 1.69 bits per heavy atom. The maximum Gasteiger partial charge on any atom is 0.304 e. The number of carboxylic acid groups (broad SMARTS) is 1. The zero-order chi connectivity index (χ0) is 24.6. The van der Waals surface area contributed by atoms with Crippen LogP contribution in [-0.2, 0) is 38.9 Å². The molecular formula is C26H28N2O5S2. The summed E-state index contributed by atoms with van der Waals surface area (Å²) in [5.74, 6) is -1.05. The van der Waals surface area contributed by atoms with E-state index in [0.29, 0.717) is 42.9 Å². The third-order valence-electron chi connectivity index (χ3n) is 7.18. The zero-order valence-electron chi connectivity index (χ0n) is 19.4. The number of piperidine rings is 1. The van der Waals surface area contributed by atoms with Crippen molar-refractivity contribution in [3.05, 3.63) is 58.6 Å². The van der Waals surface area contributed by atoms with Crippen LogP contribution in [0.5, 0.6) is 0 Å². The molecule has 3 aromatic rings. The highest BCUT2D eigenvalue weighted by molar-refractivity contribution is 7.89. The van der Waals surface area contributed by atoms with Gasteiger partial charge >= 0.3 is 5.97 Å². The third-order valence-corrected chi connectivity index (χ3v) is 10.2. The molecule has 7 nitrogen and oxygen atoms in total. The van der Waals surface area contributed by atoms with Crippen molar-refractivity contribution < 1.29 is 23.1 Å². The van der Waals surface area contributed by atoms with Gasteiger partial charge in [-0.05, 0) is 48.9 Å². The van der Waals surface area contributed by atoms with Crippen molar-refractivity contribution in [3.8, 4) is 0 Å². The number of Topliss-reactive ketones (excluding diaryl/α,β-unsaturated/α-hetero) is 1. The number of carboxylic acids is 1. The van der Waals surface area contributed by atoms with Crippen LogP contribution in [0, 0.1) is 5.41 Å². The Morgan fingerprint density at radius 3 is 2.34 bits per heavy atom. The number of para-hydroxylation sites is 1. The smallest absolute Gasteiger partial charge is 0.304 e. The van der Waals surface area contributed by atoms with E-state index in [2.05, 4.69) is 4.98 Å². The predicted molar refractivity (Wildman–Crippen MR) is 134 cm³/mol. The minimum absolute atomic E-state index is 0.0727. The Hall–Kier alpha value is -2.62. The van der Waals surface area contributed by atoms with Crippen LogP contribution in [0.2, 0.25) is 0 Å². The van der Waals surface area contributed by atoms with Gasteiger partial charge in [0.15, 0.2) is 0 Å². The molecule has 2 aromatic carbocycles. The Bertz CT molecular complexity index is 1360. The normalized spacial score (nSPS) is 17.9. The van der Waals surface area contributed by atoms with Gasteiger partial charge in [0.05, 0.1) is 16.1 Å². The molecule has 1 fully saturated rings. The van der Waals surface area contributed by atoms with E-state index in [4.69, 9.17) is 0 Å². The largest absolute Gasteiger partial charge is 0.481 e. The number of aromatic nitrogens is 1. The standard InChI is InChI=1S/C26H28N2O5S2/c29-22(26(17-24(30)31)15-18-7-2-3-8-19(18)16-26)11-12-23-27-25-20(34-23)9-6-10-21(25)35(32,33)28-13-4-1-5-14-28/h2-3,6-10H,1,4-5,11-17H2,(H,30,31). The number of rotatable bonds is 8. The van der Waals surface area contributed by atoms with Gasteiger partial charge in [0.25, 0.3) is 0 Å². The number of hydrogen-bond donors (Lipinski definition) is 1. The summed E-state index contributed by atoms with van der Waals surface area (Å²) in [7, 11) is -3.63. The van der Waals surface area contributed by atoms with Gasteiger partial charge in [0.1, 0.15) is 16.2 Å². The second kappa shape index (κ2) is 9.44. The average Bonchev–Trinajstić information content (AvgIpc) is 3.43. The number of aliphatic carboxylic acids is 1. The molecule has 0 amide bonds. The number of carbonyl (C=O) groups excluding carboxylic acids is 1. The first kappa shape index (κ1) is 24.1. The van der Waals surface area contributed by atoms with E-state index in [-0.39, 0.29) is 23.5 Å². The summed E-state index contributed by atoms with van der Waals surface area (Å²) in [5.41, 5.74) is 1.60. The van der Waals surface area contributed by atoms with Gasteiger partial charge in [0, 0.05) is 31.3 Å². The molecule has 0 atom stereocenters.